The molecule has 0 saturated heterocycles. The lowest BCUT2D eigenvalue weighted by Gasteiger charge is -2.40. The van der Waals surface area contributed by atoms with Crippen molar-refractivity contribution in [2.45, 2.75) is 44.6 Å². The van der Waals surface area contributed by atoms with Crippen LogP contribution in [-0.2, 0) is 4.79 Å². The van der Waals surface area contributed by atoms with Crippen LogP contribution < -0.4 is 0 Å². The average molecular weight is 341 g/mol. The van der Waals surface area contributed by atoms with Crippen molar-refractivity contribution in [3.8, 4) is 5.69 Å². The Bertz CT molecular complexity index is 791. The van der Waals surface area contributed by atoms with Crippen LogP contribution in [-0.4, -0.2) is 44.3 Å². The van der Waals surface area contributed by atoms with Crippen LogP contribution in [0, 0.1) is 6.92 Å². The highest BCUT2D eigenvalue weighted by Crippen LogP contribution is 2.34. The van der Waals surface area contributed by atoms with E-state index in [1.807, 2.05) is 31.2 Å². The molecule has 1 aliphatic rings. The third-order valence-electron chi connectivity index (χ3n) is 5.22. The molecule has 0 atom stereocenters. The second-order valence-corrected chi connectivity index (χ2v) is 6.72. The van der Waals surface area contributed by atoms with Crippen LogP contribution in [0.5, 0.6) is 0 Å². The van der Waals surface area contributed by atoms with Gasteiger partial charge in [0.25, 0.3) is 5.91 Å². The van der Waals surface area contributed by atoms with E-state index in [0.717, 1.165) is 30.5 Å². The summed E-state index contributed by atoms with van der Waals surface area (Å²) < 4.78 is 1.66. The summed E-state index contributed by atoms with van der Waals surface area (Å²) in [4.78, 5) is 26.2. The lowest BCUT2D eigenvalue weighted by molar-refractivity contribution is -0.151. The van der Waals surface area contributed by atoms with E-state index in [4.69, 9.17) is 0 Å². The highest BCUT2D eigenvalue weighted by molar-refractivity contribution is 5.97. The van der Waals surface area contributed by atoms with E-state index in [1.54, 1.807) is 17.9 Å². The molecule has 1 saturated carbocycles. The van der Waals surface area contributed by atoms with E-state index in [9.17, 15) is 14.7 Å². The molecule has 0 bridgehead atoms. The van der Waals surface area contributed by atoms with Crippen molar-refractivity contribution in [2.24, 2.45) is 0 Å². The molecule has 1 amide bonds. The normalized spacial score (nSPS) is 16.4. The highest BCUT2D eigenvalue weighted by Gasteiger charge is 2.45. The maximum atomic E-state index is 12.9. The molecule has 0 unspecified atom stereocenters. The summed E-state index contributed by atoms with van der Waals surface area (Å²) in [6.45, 7) is 1.98. The second kappa shape index (κ2) is 6.70. The summed E-state index contributed by atoms with van der Waals surface area (Å²) in [6, 6.07) is 7.77. The number of rotatable bonds is 4. The molecule has 1 N–H and O–H groups in total. The van der Waals surface area contributed by atoms with E-state index < -0.39 is 11.5 Å². The van der Waals surface area contributed by atoms with Crippen molar-refractivity contribution in [2.75, 3.05) is 7.05 Å². The quantitative estimate of drug-likeness (QED) is 0.927. The molecule has 1 aromatic carbocycles. The van der Waals surface area contributed by atoms with Gasteiger partial charge in [0.15, 0.2) is 0 Å². The molecular formula is C19H23N3O3. The van der Waals surface area contributed by atoms with Gasteiger partial charge in [0.1, 0.15) is 5.54 Å². The van der Waals surface area contributed by atoms with Crippen molar-refractivity contribution in [1.82, 2.24) is 14.7 Å². The van der Waals surface area contributed by atoms with Gasteiger partial charge in [0.2, 0.25) is 0 Å². The van der Waals surface area contributed by atoms with Crippen molar-refractivity contribution < 1.29 is 14.7 Å². The van der Waals surface area contributed by atoms with Gasteiger partial charge in [-0.05, 0) is 31.4 Å². The number of hydrogen-bond donors (Lipinski definition) is 1. The van der Waals surface area contributed by atoms with Crippen molar-refractivity contribution in [1.29, 1.82) is 0 Å². The minimum absolute atomic E-state index is 0.302. The van der Waals surface area contributed by atoms with E-state index in [-0.39, 0.29) is 5.91 Å². The predicted octanol–water partition coefficient (Wildman–Crippen LogP) is 3.04. The average Bonchev–Trinajstić information content (AvgIpc) is 3.11. The van der Waals surface area contributed by atoms with Gasteiger partial charge in [-0.15, -0.1) is 0 Å². The van der Waals surface area contributed by atoms with Gasteiger partial charge in [0, 0.05) is 13.2 Å². The van der Waals surface area contributed by atoms with Crippen LogP contribution >= 0.6 is 0 Å². The van der Waals surface area contributed by atoms with Crippen LogP contribution in [0.1, 0.15) is 48.0 Å². The molecule has 2 aromatic rings. The first-order chi connectivity index (χ1) is 12.0. The number of aryl methyl sites for hydroxylation is 1. The van der Waals surface area contributed by atoms with Gasteiger partial charge in [-0.25, -0.2) is 9.48 Å². The Balaban J connectivity index is 1.88. The lowest BCUT2D eigenvalue weighted by Crippen LogP contribution is -2.56. The highest BCUT2D eigenvalue weighted by atomic mass is 16.4. The SMILES string of the molecule is Cc1ccccc1-n1cc(C(=O)N(C)C2(C(=O)O)CCCCC2)cn1. The molecular weight excluding hydrogens is 318 g/mol. The zero-order valence-electron chi connectivity index (χ0n) is 14.6. The summed E-state index contributed by atoms with van der Waals surface area (Å²) in [6.07, 6.45) is 6.83. The minimum atomic E-state index is -1.11. The van der Waals surface area contributed by atoms with E-state index in [0.29, 0.717) is 18.4 Å². The van der Waals surface area contributed by atoms with Crippen molar-refractivity contribution in [3.63, 3.8) is 0 Å². The van der Waals surface area contributed by atoms with E-state index >= 15 is 0 Å². The second-order valence-electron chi connectivity index (χ2n) is 6.72. The Morgan fingerprint density at radius 2 is 1.88 bits per heavy atom. The first kappa shape index (κ1) is 17.2. The van der Waals surface area contributed by atoms with Crippen LogP contribution in [0.4, 0.5) is 0 Å². The van der Waals surface area contributed by atoms with Crippen LogP contribution in [0.2, 0.25) is 0 Å². The minimum Gasteiger partial charge on any atom is -0.479 e. The molecule has 6 nitrogen and oxygen atoms in total. The van der Waals surface area contributed by atoms with Crippen molar-refractivity contribution in [3.05, 3.63) is 47.8 Å². The fourth-order valence-corrected chi connectivity index (χ4v) is 3.60. The molecule has 1 heterocycles. The van der Waals surface area contributed by atoms with Crippen LogP contribution in [0.15, 0.2) is 36.7 Å². The fourth-order valence-electron chi connectivity index (χ4n) is 3.60. The Morgan fingerprint density at radius 3 is 2.52 bits per heavy atom. The zero-order chi connectivity index (χ0) is 18.0. The van der Waals surface area contributed by atoms with Gasteiger partial charge in [0.05, 0.1) is 17.4 Å². The van der Waals surface area contributed by atoms with E-state index in [2.05, 4.69) is 5.10 Å². The summed E-state index contributed by atoms with van der Waals surface area (Å²) in [5, 5.41) is 14.0. The van der Waals surface area contributed by atoms with Gasteiger partial charge in [-0.3, -0.25) is 4.79 Å². The number of nitrogens with zero attached hydrogens (tertiary/aromatic N) is 3. The van der Waals surface area contributed by atoms with Gasteiger partial charge >= 0.3 is 5.97 Å². The standard InChI is InChI=1S/C19H23N3O3/c1-14-8-4-5-9-16(14)22-13-15(12-20-22)17(23)21(2)19(18(24)25)10-6-3-7-11-19/h4-5,8-9,12-13H,3,6-7,10-11H2,1-2H3,(H,24,25). The number of carboxylic acids is 1. The van der Waals surface area contributed by atoms with E-state index in [1.165, 1.54) is 11.1 Å². The lowest BCUT2D eigenvalue weighted by atomic mass is 9.80. The summed E-state index contributed by atoms with van der Waals surface area (Å²) in [5.41, 5.74) is 1.24. The first-order valence-electron chi connectivity index (χ1n) is 8.58. The van der Waals surface area contributed by atoms with Gasteiger partial charge < -0.3 is 10.0 Å². The number of aliphatic carboxylic acids is 1. The number of amides is 1. The Labute approximate surface area is 147 Å². The molecule has 6 heteroatoms. The monoisotopic (exact) mass is 341 g/mol. The number of aromatic nitrogens is 2. The summed E-state index contributed by atoms with van der Waals surface area (Å²) in [7, 11) is 1.59. The number of carboxylic acid groups (broad SMARTS) is 1. The third kappa shape index (κ3) is 3.04. The molecule has 0 radical (unpaired) electrons. The van der Waals surface area contributed by atoms with Crippen molar-refractivity contribution >= 4 is 11.9 Å². The number of hydrogen-bond acceptors (Lipinski definition) is 3. The first-order valence-corrected chi connectivity index (χ1v) is 8.58. The summed E-state index contributed by atoms with van der Waals surface area (Å²) >= 11 is 0. The van der Waals surface area contributed by atoms with Crippen LogP contribution in [0.25, 0.3) is 5.69 Å². The van der Waals surface area contributed by atoms with Crippen LogP contribution in [0.3, 0.4) is 0 Å². The Hall–Kier alpha value is -2.63. The molecule has 1 fully saturated rings. The third-order valence-corrected chi connectivity index (χ3v) is 5.22. The number of carbonyl (C=O) groups is 2. The molecule has 1 aromatic heterocycles. The molecule has 3 rings (SSSR count). The molecule has 0 spiro atoms. The number of benzene rings is 1. The molecule has 1 aliphatic carbocycles. The molecule has 25 heavy (non-hydrogen) atoms. The van der Waals surface area contributed by atoms with Gasteiger partial charge in [-0.2, -0.15) is 5.10 Å². The number of likely N-dealkylation sites (N-methyl/N-ethyl adjacent to an activating group) is 1. The summed E-state index contributed by atoms with van der Waals surface area (Å²) in [5.74, 6) is -1.22. The number of para-hydroxylation sites is 1. The fraction of sp³-hybridized carbons (Fsp3) is 0.421. The largest absolute Gasteiger partial charge is 0.479 e. The molecule has 0 aliphatic heterocycles. The number of carbonyl (C=O) groups excluding carboxylic acids is 1. The Morgan fingerprint density at radius 1 is 1.20 bits per heavy atom. The topological polar surface area (TPSA) is 75.4 Å². The smallest absolute Gasteiger partial charge is 0.329 e. The zero-order valence-corrected chi connectivity index (χ0v) is 14.6. The van der Waals surface area contributed by atoms with Gasteiger partial charge in [-0.1, -0.05) is 37.5 Å². The Kier molecular flexibility index (Phi) is 4.61. The molecule has 132 valence electrons. The maximum absolute atomic E-state index is 12.9. The maximum Gasteiger partial charge on any atom is 0.329 e. The predicted molar refractivity (Wildman–Crippen MR) is 93.8 cm³/mol.